The van der Waals surface area contributed by atoms with Gasteiger partial charge in [0.15, 0.2) is 0 Å². The zero-order chi connectivity index (χ0) is 18.7. The fraction of sp³-hybridized carbons (Fsp3) is 0.500. The molecule has 1 aliphatic rings. The zero-order valence-corrected chi connectivity index (χ0v) is 15.9. The normalized spacial score (nSPS) is 18.5. The van der Waals surface area contributed by atoms with Gasteiger partial charge < -0.3 is 9.30 Å². The molecule has 6 nitrogen and oxygen atoms in total. The van der Waals surface area contributed by atoms with Gasteiger partial charge in [0.25, 0.3) is 0 Å². The van der Waals surface area contributed by atoms with E-state index in [2.05, 4.69) is 9.55 Å². The lowest BCUT2D eigenvalue weighted by Crippen LogP contribution is -2.29. The second kappa shape index (κ2) is 7.85. The van der Waals surface area contributed by atoms with Gasteiger partial charge in [-0.3, -0.25) is 0 Å². The van der Waals surface area contributed by atoms with Crippen LogP contribution in [0, 0.1) is 12.7 Å². The molecular formula is C18H24FN3O3S. The number of hydrogen-bond acceptors (Lipinski definition) is 4. The van der Waals surface area contributed by atoms with Crippen molar-refractivity contribution in [2.24, 2.45) is 0 Å². The van der Waals surface area contributed by atoms with E-state index in [1.165, 1.54) is 22.5 Å². The van der Waals surface area contributed by atoms with Crippen molar-refractivity contribution in [2.45, 2.75) is 37.1 Å². The van der Waals surface area contributed by atoms with Crippen LogP contribution < -0.4 is 0 Å². The lowest BCUT2D eigenvalue weighted by Gasteiger charge is -2.17. The summed E-state index contributed by atoms with van der Waals surface area (Å²) in [6.45, 7) is 4.23. The maximum atomic E-state index is 13.4. The van der Waals surface area contributed by atoms with Crippen LogP contribution >= 0.6 is 0 Å². The van der Waals surface area contributed by atoms with Crippen LogP contribution in [0.2, 0.25) is 0 Å². The lowest BCUT2D eigenvalue weighted by molar-refractivity contribution is 0.189. The van der Waals surface area contributed by atoms with Crippen LogP contribution in [-0.2, 0) is 21.3 Å². The van der Waals surface area contributed by atoms with Gasteiger partial charge in [-0.2, -0.15) is 4.31 Å². The molecule has 0 N–H and O–H groups in total. The molecule has 8 heteroatoms. The van der Waals surface area contributed by atoms with Crippen LogP contribution in [0.15, 0.2) is 35.4 Å². The highest BCUT2D eigenvalue weighted by Gasteiger charge is 2.35. The number of imidazole rings is 1. The number of hydrogen-bond donors (Lipinski definition) is 0. The van der Waals surface area contributed by atoms with Crippen LogP contribution in [0.5, 0.6) is 0 Å². The fourth-order valence-electron chi connectivity index (χ4n) is 3.40. The second-order valence-corrected chi connectivity index (χ2v) is 8.50. The van der Waals surface area contributed by atoms with E-state index in [0.717, 1.165) is 30.6 Å². The quantitative estimate of drug-likeness (QED) is 0.692. The highest BCUT2D eigenvalue weighted by atomic mass is 32.2. The Balaban J connectivity index is 1.77. The Bertz CT molecular complexity index is 866. The number of rotatable bonds is 7. The molecular weight excluding hydrogens is 357 g/mol. The first kappa shape index (κ1) is 19.0. The summed E-state index contributed by atoms with van der Waals surface area (Å²) in [6.07, 6.45) is 3.40. The number of halogens is 1. The average Bonchev–Trinajstić information content (AvgIpc) is 3.23. The van der Waals surface area contributed by atoms with E-state index in [4.69, 9.17) is 4.74 Å². The largest absolute Gasteiger partial charge is 0.385 e. The van der Waals surface area contributed by atoms with Crippen molar-refractivity contribution >= 4 is 10.0 Å². The molecule has 142 valence electrons. The molecule has 0 bridgehead atoms. The molecule has 0 spiro atoms. The van der Waals surface area contributed by atoms with Crippen molar-refractivity contribution in [1.29, 1.82) is 0 Å². The van der Waals surface area contributed by atoms with Crippen LogP contribution in [0.3, 0.4) is 0 Å². The third-order valence-electron chi connectivity index (χ3n) is 4.77. The van der Waals surface area contributed by atoms with Crippen molar-refractivity contribution in [3.05, 3.63) is 47.8 Å². The molecule has 3 rings (SSSR count). The van der Waals surface area contributed by atoms with Gasteiger partial charge in [-0.25, -0.2) is 17.8 Å². The summed E-state index contributed by atoms with van der Waals surface area (Å²) >= 11 is 0. The van der Waals surface area contributed by atoms with Crippen molar-refractivity contribution in [3.8, 4) is 0 Å². The maximum absolute atomic E-state index is 13.4. The molecule has 1 unspecified atom stereocenters. The van der Waals surface area contributed by atoms with E-state index < -0.39 is 15.8 Å². The summed E-state index contributed by atoms with van der Waals surface area (Å²) in [4.78, 5) is 4.52. The first-order valence-corrected chi connectivity index (χ1v) is 10.1. The minimum atomic E-state index is -3.69. The van der Waals surface area contributed by atoms with Gasteiger partial charge in [0, 0.05) is 51.2 Å². The van der Waals surface area contributed by atoms with Crippen LogP contribution in [0.1, 0.15) is 30.3 Å². The lowest BCUT2D eigenvalue weighted by atomic mass is 10.1. The summed E-state index contributed by atoms with van der Waals surface area (Å²) in [5.74, 6) is 0.399. The van der Waals surface area contributed by atoms with E-state index in [-0.39, 0.29) is 10.8 Å². The predicted octanol–water partition coefficient (Wildman–Crippen LogP) is 2.55. The topological polar surface area (TPSA) is 64.4 Å². The second-order valence-electron chi connectivity index (χ2n) is 6.56. The standard InChI is InChI=1S/C18H24FN3O3S/c1-14-12-20-18(22(14)8-4-10-25-2)15-7-9-21(13-15)26(23,24)17-6-3-5-16(19)11-17/h3,5-6,11-12,15H,4,7-10,13H2,1-2H3. The van der Waals surface area contributed by atoms with Gasteiger partial charge in [-0.1, -0.05) is 6.07 Å². The molecule has 1 saturated heterocycles. The summed E-state index contributed by atoms with van der Waals surface area (Å²) in [7, 11) is -2.02. The van der Waals surface area contributed by atoms with E-state index in [1.807, 2.05) is 13.1 Å². The van der Waals surface area contributed by atoms with E-state index >= 15 is 0 Å². The maximum Gasteiger partial charge on any atom is 0.243 e. The predicted molar refractivity (Wildman–Crippen MR) is 96.0 cm³/mol. The first-order chi connectivity index (χ1) is 12.4. The molecule has 0 radical (unpaired) electrons. The number of benzene rings is 1. The summed E-state index contributed by atoms with van der Waals surface area (Å²) in [5.41, 5.74) is 1.06. The Morgan fingerprint density at radius 3 is 2.92 bits per heavy atom. The highest BCUT2D eigenvalue weighted by Crippen LogP contribution is 2.31. The SMILES string of the molecule is COCCCn1c(C)cnc1C1CCN(S(=O)(=O)c2cccc(F)c2)C1. The van der Waals surface area contributed by atoms with Gasteiger partial charge in [0.1, 0.15) is 11.6 Å². The number of aryl methyl sites for hydroxylation is 1. The van der Waals surface area contributed by atoms with Crippen molar-refractivity contribution in [3.63, 3.8) is 0 Å². The number of sulfonamides is 1. The molecule has 1 aromatic heterocycles. The third-order valence-corrected chi connectivity index (χ3v) is 6.63. The van der Waals surface area contributed by atoms with Crippen molar-refractivity contribution in [1.82, 2.24) is 13.9 Å². The molecule has 1 aliphatic heterocycles. The number of aromatic nitrogens is 2. The summed E-state index contributed by atoms with van der Waals surface area (Å²) < 4.78 is 47.7. The van der Waals surface area contributed by atoms with Gasteiger partial charge in [0.2, 0.25) is 10.0 Å². The molecule has 0 aliphatic carbocycles. The molecule has 26 heavy (non-hydrogen) atoms. The summed E-state index contributed by atoms with van der Waals surface area (Å²) in [6, 6.07) is 5.16. The zero-order valence-electron chi connectivity index (χ0n) is 15.1. The van der Waals surface area contributed by atoms with E-state index in [0.29, 0.717) is 26.1 Å². The Kier molecular flexibility index (Phi) is 5.74. The molecule has 1 fully saturated rings. The molecule has 1 aromatic carbocycles. The molecule has 1 atom stereocenters. The van der Waals surface area contributed by atoms with Gasteiger partial charge in [-0.15, -0.1) is 0 Å². The minimum Gasteiger partial charge on any atom is -0.385 e. The molecule has 0 amide bonds. The fourth-order valence-corrected chi connectivity index (χ4v) is 4.93. The van der Waals surface area contributed by atoms with Crippen LogP contribution in [-0.4, -0.2) is 49.1 Å². The third kappa shape index (κ3) is 3.82. The van der Waals surface area contributed by atoms with Crippen molar-refractivity contribution in [2.75, 3.05) is 26.8 Å². The Hall–Kier alpha value is -1.77. The Labute approximate surface area is 153 Å². The van der Waals surface area contributed by atoms with Gasteiger partial charge in [-0.05, 0) is 38.0 Å². The van der Waals surface area contributed by atoms with Gasteiger partial charge in [0.05, 0.1) is 4.90 Å². The monoisotopic (exact) mass is 381 g/mol. The smallest absolute Gasteiger partial charge is 0.243 e. The van der Waals surface area contributed by atoms with E-state index in [9.17, 15) is 12.8 Å². The summed E-state index contributed by atoms with van der Waals surface area (Å²) in [5, 5.41) is 0. The molecule has 2 aromatic rings. The van der Waals surface area contributed by atoms with Gasteiger partial charge >= 0.3 is 0 Å². The van der Waals surface area contributed by atoms with E-state index in [1.54, 1.807) is 7.11 Å². The average molecular weight is 381 g/mol. The minimum absolute atomic E-state index is 0.00207. The molecule has 2 heterocycles. The Morgan fingerprint density at radius 2 is 2.19 bits per heavy atom. The molecule has 0 saturated carbocycles. The van der Waals surface area contributed by atoms with Crippen LogP contribution in [0.25, 0.3) is 0 Å². The van der Waals surface area contributed by atoms with Crippen LogP contribution in [0.4, 0.5) is 4.39 Å². The number of methoxy groups -OCH3 is 1. The highest BCUT2D eigenvalue weighted by molar-refractivity contribution is 7.89. The van der Waals surface area contributed by atoms with Crippen molar-refractivity contribution < 1.29 is 17.5 Å². The Morgan fingerprint density at radius 1 is 1.38 bits per heavy atom. The number of nitrogens with zero attached hydrogens (tertiary/aromatic N) is 3. The number of ether oxygens (including phenoxy) is 1. The first-order valence-electron chi connectivity index (χ1n) is 8.70.